The third-order valence-electron chi connectivity index (χ3n) is 6.18. The molecule has 0 saturated carbocycles. The van der Waals surface area contributed by atoms with Crippen molar-refractivity contribution >= 4 is 17.6 Å². The number of hydrogen-bond donors (Lipinski definition) is 2. The summed E-state index contributed by atoms with van der Waals surface area (Å²) in [5.41, 5.74) is 5.49. The van der Waals surface area contributed by atoms with Crippen molar-refractivity contribution in [2.24, 2.45) is 0 Å². The Hall–Kier alpha value is -2.82. The molecule has 0 radical (unpaired) electrons. The van der Waals surface area contributed by atoms with E-state index in [4.69, 9.17) is 0 Å². The number of anilines is 1. The Morgan fingerprint density at radius 1 is 1.07 bits per heavy atom. The molecule has 2 aliphatic carbocycles. The molecular weight excluding hydrogens is 354 g/mol. The Morgan fingerprint density at radius 3 is 2.29 bits per heavy atom. The van der Waals surface area contributed by atoms with Crippen molar-refractivity contribution in [1.29, 1.82) is 0 Å². The second-order valence-electron chi connectivity index (χ2n) is 8.11. The van der Waals surface area contributed by atoms with Crippen LogP contribution in [0.15, 0.2) is 30.3 Å². The molecule has 4 rings (SSSR count). The van der Waals surface area contributed by atoms with Crippen LogP contribution >= 0.6 is 0 Å². The van der Waals surface area contributed by atoms with Crippen molar-refractivity contribution in [2.45, 2.75) is 50.9 Å². The van der Waals surface area contributed by atoms with Crippen LogP contribution in [0, 0.1) is 0 Å². The zero-order valence-corrected chi connectivity index (χ0v) is 16.3. The predicted molar refractivity (Wildman–Crippen MR) is 107 cm³/mol. The number of ether oxygens (including phenoxy) is 1. The van der Waals surface area contributed by atoms with Crippen molar-refractivity contribution in [1.82, 2.24) is 0 Å². The lowest BCUT2D eigenvalue weighted by atomic mass is 9.63. The monoisotopic (exact) mass is 379 g/mol. The van der Waals surface area contributed by atoms with Crippen molar-refractivity contribution in [3.63, 3.8) is 0 Å². The molecule has 0 bridgehead atoms. The second kappa shape index (κ2) is 6.97. The molecule has 0 spiro atoms. The molecule has 0 heterocycles. The van der Waals surface area contributed by atoms with Crippen LogP contribution in [0.1, 0.15) is 70.0 Å². The summed E-state index contributed by atoms with van der Waals surface area (Å²) in [7, 11) is 1.25. The SMILES string of the molecule is COC(=O)c1ccc(NC(=O)c2cc3c4c(c2)CCCC4(C)CCC3)cc1O. The molecule has 0 atom stereocenters. The van der Waals surface area contributed by atoms with Crippen molar-refractivity contribution in [3.8, 4) is 5.75 Å². The highest BCUT2D eigenvalue weighted by molar-refractivity contribution is 6.05. The van der Waals surface area contributed by atoms with E-state index in [0.717, 1.165) is 25.7 Å². The summed E-state index contributed by atoms with van der Waals surface area (Å²) >= 11 is 0. The summed E-state index contributed by atoms with van der Waals surface area (Å²) in [4.78, 5) is 24.4. The minimum absolute atomic E-state index is 0.0676. The Labute approximate surface area is 164 Å². The minimum atomic E-state index is -0.618. The lowest BCUT2D eigenvalue weighted by Gasteiger charge is -2.41. The molecule has 28 heavy (non-hydrogen) atoms. The van der Waals surface area contributed by atoms with Gasteiger partial charge in [-0.2, -0.15) is 0 Å². The van der Waals surface area contributed by atoms with Crippen LogP contribution in [0.25, 0.3) is 0 Å². The highest BCUT2D eigenvalue weighted by Crippen LogP contribution is 2.46. The van der Waals surface area contributed by atoms with Crippen LogP contribution in [0.3, 0.4) is 0 Å². The van der Waals surface area contributed by atoms with Gasteiger partial charge in [-0.05, 0) is 84.9 Å². The molecule has 0 fully saturated rings. The fourth-order valence-electron chi connectivity index (χ4n) is 4.88. The number of carbonyl (C=O) groups is 2. The van der Waals surface area contributed by atoms with Crippen LogP contribution in [-0.2, 0) is 23.0 Å². The second-order valence-corrected chi connectivity index (χ2v) is 8.11. The number of carbonyl (C=O) groups excluding carboxylic acids is 2. The van der Waals surface area contributed by atoms with Gasteiger partial charge in [0, 0.05) is 17.3 Å². The van der Waals surface area contributed by atoms with E-state index in [1.54, 1.807) is 6.07 Å². The van der Waals surface area contributed by atoms with Gasteiger partial charge in [0.15, 0.2) is 0 Å². The average Bonchev–Trinajstić information content (AvgIpc) is 2.67. The smallest absolute Gasteiger partial charge is 0.341 e. The zero-order valence-electron chi connectivity index (χ0n) is 16.3. The molecule has 0 saturated heterocycles. The highest BCUT2D eigenvalue weighted by Gasteiger charge is 2.36. The molecule has 2 N–H and O–H groups in total. The molecule has 5 heteroatoms. The van der Waals surface area contributed by atoms with E-state index in [-0.39, 0.29) is 22.6 Å². The van der Waals surface area contributed by atoms with Crippen LogP contribution in [0.2, 0.25) is 0 Å². The third kappa shape index (κ3) is 3.15. The average molecular weight is 379 g/mol. The summed E-state index contributed by atoms with van der Waals surface area (Å²) in [5, 5.41) is 12.9. The summed E-state index contributed by atoms with van der Waals surface area (Å²) in [6.45, 7) is 2.36. The summed E-state index contributed by atoms with van der Waals surface area (Å²) in [6.07, 6.45) is 6.82. The molecule has 146 valence electrons. The Balaban J connectivity index is 1.61. The summed E-state index contributed by atoms with van der Waals surface area (Å²) in [5.74, 6) is -1.05. The van der Waals surface area contributed by atoms with E-state index in [1.165, 1.54) is 48.8 Å². The number of esters is 1. The van der Waals surface area contributed by atoms with Crippen LogP contribution in [0.5, 0.6) is 5.75 Å². The normalized spacial score (nSPS) is 16.8. The maximum atomic E-state index is 12.8. The first kappa shape index (κ1) is 18.5. The zero-order chi connectivity index (χ0) is 19.9. The van der Waals surface area contributed by atoms with Gasteiger partial charge in [-0.1, -0.05) is 6.92 Å². The first-order valence-corrected chi connectivity index (χ1v) is 9.80. The molecule has 2 aromatic carbocycles. The van der Waals surface area contributed by atoms with Crippen LogP contribution in [0.4, 0.5) is 5.69 Å². The topological polar surface area (TPSA) is 75.6 Å². The minimum Gasteiger partial charge on any atom is -0.507 e. The van der Waals surface area contributed by atoms with Gasteiger partial charge >= 0.3 is 5.97 Å². The van der Waals surface area contributed by atoms with E-state index in [0.29, 0.717) is 11.3 Å². The standard InChI is InChI=1S/C23H25NO4/c1-23-9-3-5-14-11-16(12-15(20(14)23)6-4-10-23)21(26)24-17-7-8-18(19(25)13-17)22(27)28-2/h7-8,11-13,25H,3-6,9-10H2,1-2H3,(H,24,26). The van der Waals surface area contributed by atoms with E-state index >= 15 is 0 Å². The molecule has 5 nitrogen and oxygen atoms in total. The van der Waals surface area contributed by atoms with Gasteiger partial charge in [-0.15, -0.1) is 0 Å². The van der Waals surface area contributed by atoms with Crippen LogP contribution in [-0.4, -0.2) is 24.1 Å². The fourth-order valence-corrected chi connectivity index (χ4v) is 4.88. The number of rotatable bonds is 3. The largest absolute Gasteiger partial charge is 0.507 e. The number of hydrogen-bond acceptors (Lipinski definition) is 4. The number of methoxy groups -OCH3 is 1. The molecule has 0 aromatic heterocycles. The number of benzene rings is 2. The quantitative estimate of drug-likeness (QED) is 0.777. The first-order chi connectivity index (χ1) is 13.4. The lowest BCUT2D eigenvalue weighted by molar-refractivity contribution is 0.0597. The lowest BCUT2D eigenvalue weighted by Crippen LogP contribution is -2.33. The van der Waals surface area contributed by atoms with Gasteiger partial charge in [0.2, 0.25) is 0 Å². The van der Waals surface area contributed by atoms with Crippen molar-refractivity contribution in [3.05, 3.63) is 58.1 Å². The van der Waals surface area contributed by atoms with E-state index in [1.807, 2.05) is 12.1 Å². The number of phenolic OH excluding ortho intramolecular Hbond substituents is 1. The number of aromatic hydroxyl groups is 1. The van der Waals surface area contributed by atoms with Crippen LogP contribution < -0.4 is 5.32 Å². The number of phenols is 1. The molecule has 2 aliphatic rings. The van der Waals surface area contributed by atoms with Gasteiger partial charge in [-0.3, -0.25) is 4.79 Å². The molecule has 2 aromatic rings. The molecule has 1 amide bonds. The Morgan fingerprint density at radius 2 is 1.71 bits per heavy atom. The molecule has 0 unspecified atom stereocenters. The van der Waals surface area contributed by atoms with Gasteiger partial charge < -0.3 is 15.2 Å². The maximum Gasteiger partial charge on any atom is 0.341 e. The number of amides is 1. The Kier molecular flexibility index (Phi) is 4.61. The number of nitrogens with one attached hydrogen (secondary N) is 1. The van der Waals surface area contributed by atoms with Crippen molar-refractivity contribution in [2.75, 3.05) is 12.4 Å². The maximum absolute atomic E-state index is 12.8. The van der Waals surface area contributed by atoms with Gasteiger partial charge in [0.25, 0.3) is 5.91 Å². The molecule has 0 aliphatic heterocycles. The van der Waals surface area contributed by atoms with E-state index in [2.05, 4.69) is 17.0 Å². The van der Waals surface area contributed by atoms with Crippen molar-refractivity contribution < 1.29 is 19.4 Å². The van der Waals surface area contributed by atoms with Gasteiger partial charge in [-0.25, -0.2) is 4.79 Å². The third-order valence-corrected chi connectivity index (χ3v) is 6.18. The highest BCUT2D eigenvalue weighted by atomic mass is 16.5. The van der Waals surface area contributed by atoms with Gasteiger partial charge in [0.1, 0.15) is 11.3 Å². The molecular formula is C23H25NO4. The summed E-state index contributed by atoms with van der Waals surface area (Å²) in [6, 6.07) is 8.45. The van der Waals surface area contributed by atoms with Gasteiger partial charge in [0.05, 0.1) is 7.11 Å². The predicted octanol–water partition coefficient (Wildman–Crippen LogP) is 4.36. The Bertz CT molecular complexity index is 932. The van der Waals surface area contributed by atoms with E-state index < -0.39 is 5.97 Å². The number of aryl methyl sites for hydroxylation is 2. The first-order valence-electron chi connectivity index (χ1n) is 9.80. The van der Waals surface area contributed by atoms with E-state index in [9.17, 15) is 14.7 Å². The fraction of sp³-hybridized carbons (Fsp3) is 0.391. The summed E-state index contributed by atoms with van der Waals surface area (Å²) < 4.78 is 4.62.